The Bertz CT molecular complexity index is 421. The summed E-state index contributed by atoms with van der Waals surface area (Å²) in [6.45, 7) is 3.35. The Balaban J connectivity index is 1.87. The fraction of sp³-hybridized carbons (Fsp3) is 0.625. The van der Waals surface area contributed by atoms with E-state index in [9.17, 15) is 0 Å². The first-order valence-corrected chi connectivity index (χ1v) is 7.38. The zero-order chi connectivity index (χ0) is 12.5. The summed E-state index contributed by atoms with van der Waals surface area (Å²) in [6.07, 6.45) is 8.39. The van der Waals surface area contributed by atoms with Gasteiger partial charge in [0.25, 0.3) is 0 Å². The van der Waals surface area contributed by atoms with Crippen molar-refractivity contribution in [2.75, 3.05) is 17.2 Å². The van der Waals surface area contributed by atoms with Crippen molar-refractivity contribution in [2.45, 2.75) is 51.5 Å². The van der Waals surface area contributed by atoms with E-state index in [2.05, 4.69) is 30.0 Å². The van der Waals surface area contributed by atoms with Crippen LogP contribution in [0.15, 0.2) is 18.2 Å². The fourth-order valence-electron chi connectivity index (χ4n) is 3.83. The predicted octanol–water partition coefficient (Wildman–Crippen LogP) is 3.74. The van der Waals surface area contributed by atoms with Gasteiger partial charge in [-0.05, 0) is 56.2 Å². The molecular weight excluding hydrogens is 220 g/mol. The minimum atomic E-state index is 0.747. The van der Waals surface area contributed by atoms with Crippen LogP contribution in [0.2, 0.25) is 0 Å². The summed E-state index contributed by atoms with van der Waals surface area (Å²) >= 11 is 0. The summed E-state index contributed by atoms with van der Waals surface area (Å²) in [5.41, 5.74) is 9.74. The molecule has 1 aliphatic heterocycles. The molecule has 1 aliphatic carbocycles. The molecule has 2 fully saturated rings. The fourth-order valence-corrected chi connectivity index (χ4v) is 3.83. The third-order valence-electron chi connectivity index (χ3n) is 4.74. The van der Waals surface area contributed by atoms with Gasteiger partial charge < -0.3 is 10.6 Å². The molecule has 0 bridgehead atoms. The summed E-state index contributed by atoms with van der Waals surface area (Å²) in [4.78, 5) is 2.60. The number of hydrogen-bond acceptors (Lipinski definition) is 2. The number of rotatable bonds is 2. The van der Waals surface area contributed by atoms with E-state index in [1.54, 1.807) is 0 Å². The van der Waals surface area contributed by atoms with Crippen LogP contribution >= 0.6 is 0 Å². The molecule has 98 valence electrons. The topological polar surface area (TPSA) is 29.3 Å². The standard InChI is InChI=1S/C16H24N2/c1-12-8-9-14(17)16(11-12)18-10-4-7-15(18)13-5-2-3-6-13/h8-9,11,13,15H,2-7,10,17H2,1H3. The highest BCUT2D eigenvalue weighted by atomic mass is 15.2. The van der Waals surface area contributed by atoms with Gasteiger partial charge in [0.1, 0.15) is 0 Å². The molecule has 2 aliphatic rings. The molecule has 2 nitrogen and oxygen atoms in total. The van der Waals surface area contributed by atoms with Crippen LogP contribution < -0.4 is 10.6 Å². The van der Waals surface area contributed by atoms with Gasteiger partial charge in [0.05, 0.1) is 11.4 Å². The molecule has 2 N–H and O–H groups in total. The lowest BCUT2D eigenvalue weighted by Crippen LogP contribution is -2.35. The zero-order valence-electron chi connectivity index (χ0n) is 11.4. The zero-order valence-corrected chi connectivity index (χ0v) is 11.4. The van der Waals surface area contributed by atoms with Crippen molar-refractivity contribution in [3.63, 3.8) is 0 Å². The second-order valence-electron chi connectivity index (χ2n) is 6.01. The number of benzene rings is 1. The van der Waals surface area contributed by atoms with Crippen molar-refractivity contribution < 1.29 is 0 Å². The number of nitrogens with zero attached hydrogens (tertiary/aromatic N) is 1. The van der Waals surface area contributed by atoms with E-state index in [0.717, 1.165) is 17.6 Å². The van der Waals surface area contributed by atoms with Crippen LogP contribution in [0.25, 0.3) is 0 Å². The summed E-state index contributed by atoms with van der Waals surface area (Å²) in [5.74, 6) is 0.910. The van der Waals surface area contributed by atoms with Crippen molar-refractivity contribution in [1.82, 2.24) is 0 Å². The number of nitrogens with two attached hydrogens (primary N) is 1. The largest absolute Gasteiger partial charge is 0.397 e. The number of anilines is 2. The van der Waals surface area contributed by atoms with E-state index in [1.165, 1.54) is 56.3 Å². The van der Waals surface area contributed by atoms with Gasteiger partial charge in [-0.1, -0.05) is 18.9 Å². The molecule has 1 heterocycles. The van der Waals surface area contributed by atoms with E-state index in [1.807, 2.05) is 0 Å². The lowest BCUT2D eigenvalue weighted by Gasteiger charge is -2.32. The Hall–Kier alpha value is -1.18. The predicted molar refractivity (Wildman–Crippen MR) is 77.9 cm³/mol. The molecule has 0 aromatic heterocycles. The number of nitrogen functional groups attached to an aromatic ring is 1. The van der Waals surface area contributed by atoms with Crippen molar-refractivity contribution >= 4 is 11.4 Å². The van der Waals surface area contributed by atoms with E-state index < -0.39 is 0 Å². The van der Waals surface area contributed by atoms with Gasteiger partial charge in [0.2, 0.25) is 0 Å². The molecular formula is C16H24N2. The molecule has 1 saturated heterocycles. The first kappa shape index (κ1) is 11.9. The van der Waals surface area contributed by atoms with Crippen molar-refractivity contribution in [1.29, 1.82) is 0 Å². The van der Waals surface area contributed by atoms with Crippen LogP contribution in [0.5, 0.6) is 0 Å². The average Bonchev–Trinajstić information content (AvgIpc) is 3.00. The van der Waals surface area contributed by atoms with Gasteiger partial charge in [-0.25, -0.2) is 0 Å². The molecule has 1 aromatic rings. The maximum atomic E-state index is 6.19. The Morgan fingerprint density at radius 3 is 2.67 bits per heavy atom. The van der Waals surface area contributed by atoms with Crippen molar-refractivity contribution in [3.8, 4) is 0 Å². The maximum Gasteiger partial charge on any atom is 0.0605 e. The number of hydrogen-bond donors (Lipinski definition) is 1. The Labute approximate surface area is 110 Å². The Morgan fingerprint density at radius 2 is 1.89 bits per heavy atom. The molecule has 0 radical (unpaired) electrons. The second kappa shape index (κ2) is 4.83. The van der Waals surface area contributed by atoms with Crippen LogP contribution in [0.1, 0.15) is 44.1 Å². The minimum absolute atomic E-state index is 0.747. The third kappa shape index (κ3) is 2.09. The van der Waals surface area contributed by atoms with Crippen molar-refractivity contribution in [3.05, 3.63) is 23.8 Å². The highest BCUT2D eigenvalue weighted by molar-refractivity contribution is 5.69. The molecule has 1 saturated carbocycles. The second-order valence-corrected chi connectivity index (χ2v) is 6.01. The molecule has 3 rings (SSSR count). The van der Waals surface area contributed by atoms with Gasteiger partial charge in [-0.15, -0.1) is 0 Å². The molecule has 18 heavy (non-hydrogen) atoms. The van der Waals surface area contributed by atoms with Gasteiger partial charge in [-0.3, -0.25) is 0 Å². The highest BCUT2D eigenvalue weighted by Gasteiger charge is 2.33. The third-order valence-corrected chi connectivity index (χ3v) is 4.74. The van der Waals surface area contributed by atoms with Crippen LogP contribution in [-0.4, -0.2) is 12.6 Å². The van der Waals surface area contributed by atoms with Crippen LogP contribution in [-0.2, 0) is 0 Å². The highest BCUT2D eigenvalue weighted by Crippen LogP contribution is 2.39. The molecule has 0 amide bonds. The van der Waals surface area contributed by atoms with Gasteiger partial charge in [-0.2, -0.15) is 0 Å². The normalized spacial score (nSPS) is 24.9. The lowest BCUT2D eigenvalue weighted by molar-refractivity contribution is 0.431. The summed E-state index contributed by atoms with van der Waals surface area (Å²) < 4.78 is 0. The van der Waals surface area contributed by atoms with Gasteiger partial charge in [0.15, 0.2) is 0 Å². The van der Waals surface area contributed by atoms with E-state index in [4.69, 9.17) is 5.73 Å². The molecule has 1 aromatic carbocycles. The summed E-state index contributed by atoms with van der Waals surface area (Å²) in [5, 5.41) is 0. The molecule has 2 heteroatoms. The van der Waals surface area contributed by atoms with E-state index in [0.29, 0.717) is 0 Å². The number of aryl methyl sites for hydroxylation is 1. The smallest absolute Gasteiger partial charge is 0.0605 e. The average molecular weight is 244 g/mol. The minimum Gasteiger partial charge on any atom is -0.397 e. The summed E-state index contributed by atoms with van der Waals surface area (Å²) in [6, 6.07) is 7.19. The Morgan fingerprint density at radius 1 is 1.11 bits per heavy atom. The first-order chi connectivity index (χ1) is 8.75. The molecule has 0 spiro atoms. The first-order valence-electron chi connectivity index (χ1n) is 7.38. The summed E-state index contributed by atoms with van der Waals surface area (Å²) in [7, 11) is 0. The molecule has 1 atom stereocenters. The van der Waals surface area contributed by atoms with Crippen LogP contribution in [0, 0.1) is 12.8 Å². The van der Waals surface area contributed by atoms with Crippen LogP contribution in [0.3, 0.4) is 0 Å². The quantitative estimate of drug-likeness (QED) is 0.803. The Kier molecular flexibility index (Phi) is 3.19. The molecule has 1 unspecified atom stereocenters. The van der Waals surface area contributed by atoms with Gasteiger partial charge >= 0.3 is 0 Å². The van der Waals surface area contributed by atoms with Gasteiger partial charge in [0, 0.05) is 12.6 Å². The SMILES string of the molecule is Cc1ccc(N)c(N2CCCC2C2CCCC2)c1. The van der Waals surface area contributed by atoms with Crippen molar-refractivity contribution in [2.24, 2.45) is 5.92 Å². The lowest BCUT2D eigenvalue weighted by atomic mass is 9.95. The van der Waals surface area contributed by atoms with E-state index >= 15 is 0 Å². The van der Waals surface area contributed by atoms with E-state index in [-0.39, 0.29) is 0 Å². The monoisotopic (exact) mass is 244 g/mol. The maximum absolute atomic E-state index is 6.19. The van der Waals surface area contributed by atoms with Crippen LogP contribution in [0.4, 0.5) is 11.4 Å².